The average Bonchev–Trinajstić information content (AvgIpc) is 3.49. The van der Waals surface area contributed by atoms with Crippen molar-refractivity contribution in [2.24, 2.45) is 46.4 Å². The predicted octanol–water partition coefficient (Wildman–Crippen LogP) is 3.15. The average molecular weight is 1110 g/mol. The quantitative estimate of drug-likeness (QED) is 0.0639. The molecule has 4 heterocycles. The molecule has 0 radical (unpaired) electrons. The van der Waals surface area contributed by atoms with Crippen LogP contribution in [0.15, 0.2) is 11.2 Å². The normalized spacial score (nSPS) is 45.0. The van der Waals surface area contributed by atoms with Gasteiger partial charge in [0, 0.05) is 81.5 Å². The molecule has 0 aliphatic carbocycles. The number of hydrogen-bond acceptors (Lipinski definition) is 16. The summed E-state index contributed by atoms with van der Waals surface area (Å²) in [5.41, 5.74) is 2.52. The molecule has 4 aliphatic heterocycles. The number of nitrogens with two attached hydrogens (primary N) is 1. The van der Waals surface area contributed by atoms with E-state index in [9.17, 15) is 24.6 Å². The van der Waals surface area contributed by atoms with Gasteiger partial charge in [0.1, 0.15) is 36.6 Å². The van der Waals surface area contributed by atoms with Crippen molar-refractivity contribution in [1.82, 2.24) is 4.90 Å². The second-order valence-corrected chi connectivity index (χ2v) is 18.6. The van der Waals surface area contributed by atoms with Crippen LogP contribution in [0.5, 0.6) is 0 Å². The maximum Gasteiger partial charge on any atom is 0.317 e. The number of likely N-dealkylation sites (N-methyl/N-ethyl adjacent to an activating group) is 1. The van der Waals surface area contributed by atoms with Gasteiger partial charge in [-0.15, -0.1) is 0 Å². The number of cyclic esters (lactones) is 1. The minimum atomic E-state index is -1.55. The summed E-state index contributed by atoms with van der Waals surface area (Å²) in [4.78, 5) is 50.6. The number of esters is 2. The summed E-state index contributed by atoms with van der Waals surface area (Å²) in [5, 5.41) is 26.7. The first-order chi connectivity index (χ1) is 28.4. The molecule has 354 valence electrons. The van der Waals surface area contributed by atoms with E-state index >= 15 is 0 Å². The van der Waals surface area contributed by atoms with Gasteiger partial charge in [0.2, 0.25) is 0 Å². The molecule has 4 fully saturated rings. The van der Waals surface area contributed by atoms with Crippen LogP contribution in [-0.2, 0) is 57.1 Å². The zero-order chi connectivity index (χ0) is 45.9. The summed E-state index contributed by atoms with van der Waals surface area (Å²) in [6, 6.07) is -0.312. The van der Waals surface area contributed by atoms with Crippen molar-refractivity contribution in [3.8, 4) is 0 Å². The van der Waals surface area contributed by atoms with Crippen molar-refractivity contribution in [3.05, 3.63) is 12.7 Å². The van der Waals surface area contributed by atoms with Crippen LogP contribution in [0.4, 0.5) is 0 Å². The topological polar surface area (TPSA) is 216 Å². The van der Waals surface area contributed by atoms with Gasteiger partial charge in [-0.3, -0.25) is 14.4 Å². The summed E-state index contributed by atoms with van der Waals surface area (Å²) < 4.78 is 51.0. The molecule has 17 nitrogen and oxygen atoms in total. The van der Waals surface area contributed by atoms with Crippen molar-refractivity contribution < 1.29 is 98.4 Å². The molecule has 0 aromatic rings. The number of methoxy groups -OCH3 is 2. The Bertz CT molecular complexity index is 1570. The molecule has 62 heavy (non-hydrogen) atoms. The molecule has 10 unspecified atom stereocenters. The predicted molar refractivity (Wildman–Crippen MR) is 222 cm³/mol. The maximum absolute atomic E-state index is 14.9. The number of ketones is 1. The van der Waals surface area contributed by atoms with Gasteiger partial charge in [0.25, 0.3) is 0 Å². The Morgan fingerprint density at radius 1 is 0.952 bits per heavy atom. The van der Waals surface area contributed by atoms with Crippen LogP contribution in [0.2, 0.25) is 0 Å². The summed E-state index contributed by atoms with van der Waals surface area (Å²) in [7, 11) is 6.77. The van der Waals surface area contributed by atoms with Gasteiger partial charge in [-0.05, 0) is 74.9 Å². The number of carbonyl (C=O) groups is 3. The number of ether oxygens (including phenoxy) is 8. The monoisotopic (exact) mass is 1110 g/mol. The SMILES string of the molecule is [CH-]=CCO/N=C(\N)C1C(=O)O[C@@]2(C)C1[C@@H](C)C(=O)[C@H](C)C[C@@](C)(OC)[C@H](OC1OC(C)CC(N(C)C)C1O)[C@@H](C)[C@@H](OC1CC(C)(OC)C(O)C(C)O1)[C@@H](C)C(=O)O[C@H]2CC.[U]. The van der Waals surface area contributed by atoms with Crippen molar-refractivity contribution in [2.45, 2.75) is 173 Å². The van der Waals surface area contributed by atoms with Crippen LogP contribution >= 0.6 is 0 Å². The van der Waals surface area contributed by atoms with Crippen molar-refractivity contribution in [1.29, 1.82) is 0 Å². The Hall–Kier alpha value is -1.69. The van der Waals surface area contributed by atoms with Gasteiger partial charge in [-0.2, -0.15) is 0 Å². The third-order valence-electron chi connectivity index (χ3n) is 14.0. The van der Waals surface area contributed by atoms with Gasteiger partial charge >= 0.3 is 11.9 Å². The third-order valence-corrected chi connectivity index (χ3v) is 14.0. The molecule has 4 N–H and O–H groups in total. The van der Waals surface area contributed by atoms with E-state index in [2.05, 4.69) is 5.16 Å². The molecule has 18 heteroatoms. The van der Waals surface area contributed by atoms with Gasteiger partial charge < -0.3 is 70.2 Å². The van der Waals surface area contributed by atoms with Crippen molar-refractivity contribution in [3.63, 3.8) is 0 Å². The standard InChI is InChI=1S/C44H74N3O14.U/c1-16-18-55-46-38(45)31-32-24(5)33(48)22(3)20-43(10,54-15)37(60-41-34(49)28(47(12)13)19-23(4)56-41)25(6)35(59-30-21-42(9,53-14)36(50)27(8)57-30)26(7)39(51)58-29(17-2)44(32,11)61-40(31)52;/h1,16,22-32,34-37,41,49-50H,17-21H2,2-15H3,(H2,45,46);/q-1;/t22-,23?,24-,25+,26-,27?,28?,29+,30?,31?,32?,34?,35-,36?,37-,41?,42?,43-,44-;/m1./s1. The molecular weight excluding hydrogens is 1030 g/mol. The van der Waals surface area contributed by atoms with Crippen molar-refractivity contribution >= 4 is 23.6 Å². The molecule has 19 atom stereocenters. The Labute approximate surface area is 392 Å². The molecule has 0 aromatic heterocycles. The van der Waals surface area contributed by atoms with E-state index in [1.807, 2.05) is 39.8 Å². The second kappa shape index (κ2) is 22.2. The first kappa shape index (κ1) is 54.6. The summed E-state index contributed by atoms with van der Waals surface area (Å²) in [6.45, 7) is 23.0. The molecule has 0 aromatic carbocycles. The van der Waals surface area contributed by atoms with E-state index in [1.165, 1.54) is 20.3 Å². The van der Waals surface area contributed by atoms with E-state index in [0.29, 0.717) is 6.42 Å². The summed E-state index contributed by atoms with van der Waals surface area (Å²) >= 11 is 0. The molecular formula is C44H74N3O14U-. The Morgan fingerprint density at radius 2 is 1.58 bits per heavy atom. The molecule has 0 spiro atoms. The number of oxime groups is 1. The molecule has 4 aliphatic rings. The van der Waals surface area contributed by atoms with Crippen LogP contribution in [0.3, 0.4) is 0 Å². The van der Waals surface area contributed by atoms with Crippen LogP contribution in [-0.4, -0.2) is 152 Å². The maximum atomic E-state index is 14.9. The van der Waals surface area contributed by atoms with Gasteiger partial charge in [-0.1, -0.05) is 32.9 Å². The minimum absolute atomic E-state index is 0. The van der Waals surface area contributed by atoms with Gasteiger partial charge in [0.05, 0.1) is 41.5 Å². The largest absolute Gasteiger partial charge is 0.515 e. The van der Waals surface area contributed by atoms with Crippen LogP contribution in [0.25, 0.3) is 0 Å². The van der Waals surface area contributed by atoms with E-state index in [1.54, 1.807) is 48.5 Å². The fourth-order valence-corrected chi connectivity index (χ4v) is 10.3. The third kappa shape index (κ3) is 11.3. The number of hydrogen-bond donors (Lipinski definition) is 3. The summed E-state index contributed by atoms with van der Waals surface area (Å²) in [6.07, 6.45) is -6.12. The fraction of sp³-hybridized carbons (Fsp3) is 0.864. The van der Waals surface area contributed by atoms with E-state index < -0.39 is 113 Å². The Morgan fingerprint density at radius 3 is 2.15 bits per heavy atom. The van der Waals surface area contributed by atoms with Crippen LogP contribution in [0.1, 0.15) is 94.9 Å². The molecule has 4 saturated heterocycles. The second-order valence-electron chi connectivity index (χ2n) is 18.6. The summed E-state index contributed by atoms with van der Waals surface area (Å²) in [5.74, 6) is -7.50. The number of aliphatic hydroxyl groups is 2. The first-order valence-corrected chi connectivity index (χ1v) is 21.6. The van der Waals surface area contributed by atoms with E-state index in [-0.39, 0.29) is 80.7 Å². The minimum Gasteiger partial charge on any atom is -0.515 e. The Balaban J connectivity index is 0.0000102. The fourth-order valence-electron chi connectivity index (χ4n) is 10.3. The van der Waals surface area contributed by atoms with Crippen LogP contribution < -0.4 is 5.73 Å². The zero-order valence-electron chi connectivity index (χ0n) is 39.2. The number of carbonyl (C=O) groups excluding carboxylic acids is 3. The number of Topliss-reactive ketones (excluding diaryl/α,β-unsaturated/α-hetero) is 1. The number of amidine groups is 1. The smallest absolute Gasteiger partial charge is 0.317 e. The first-order valence-electron chi connectivity index (χ1n) is 21.6. The molecule has 0 saturated carbocycles. The zero-order valence-corrected chi connectivity index (χ0v) is 43.4. The Kier molecular flexibility index (Phi) is 19.6. The van der Waals surface area contributed by atoms with Gasteiger partial charge in [0.15, 0.2) is 24.0 Å². The number of rotatable bonds is 12. The van der Waals surface area contributed by atoms with E-state index in [0.717, 1.165) is 0 Å². The van der Waals surface area contributed by atoms with E-state index in [4.69, 9.17) is 55.0 Å². The molecule has 0 amide bonds. The number of nitrogens with zero attached hydrogens (tertiary/aromatic N) is 2. The number of fused-ring (bicyclic) bond motifs is 1. The van der Waals surface area contributed by atoms with Gasteiger partial charge in [-0.25, -0.2) is 6.08 Å². The van der Waals surface area contributed by atoms with Crippen molar-refractivity contribution in [2.75, 3.05) is 34.9 Å². The number of aliphatic hydroxyl groups excluding tert-OH is 2. The molecule has 0 bridgehead atoms. The molecule has 4 rings (SSSR count). The van der Waals surface area contributed by atoms with Crippen LogP contribution in [0, 0.1) is 73.2 Å².